The molecule has 0 saturated carbocycles. The highest BCUT2D eigenvalue weighted by Crippen LogP contribution is 2.33. The van der Waals surface area contributed by atoms with Crippen LogP contribution in [-0.2, 0) is 16.8 Å². The molecule has 3 aromatic rings. The van der Waals surface area contributed by atoms with Gasteiger partial charge in [0.15, 0.2) is 0 Å². The first kappa shape index (κ1) is 15.8. The van der Waals surface area contributed by atoms with Gasteiger partial charge in [-0.25, -0.2) is 0 Å². The molecule has 0 spiro atoms. The molecule has 0 unspecified atom stereocenters. The van der Waals surface area contributed by atoms with Gasteiger partial charge in [-0.15, -0.1) is 0 Å². The maximum Gasteiger partial charge on any atom is 0.0653 e. The monoisotopic (exact) mass is 385 g/mol. The predicted octanol–water partition coefficient (Wildman–Crippen LogP) is 4.12. The zero-order chi connectivity index (χ0) is 16.4. The smallest absolute Gasteiger partial charge is 0.0653 e. The second kappa shape index (κ2) is 6.67. The van der Waals surface area contributed by atoms with Gasteiger partial charge in [0.25, 0.3) is 0 Å². The third-order valence-corrected chi connectivity index (χ3v) is 5.41. The number of nitrogens with one attached hydrogen (secondary N) is 2. The maximum atomic E-state index is 5.61. The van der Waals surface area contributed by atoms with Crippen LogP contribution in [0.2, 0.25) is 0 Å². The minimum absolute atomic E-state index is 0.0259. The molecule has 1 aliphatic heterocycles. The Morgan fingerprint density at radius 2 is 1.92 bits per heavy atom. The summed E-state index contributed by atoms with van der Waals surface area (Å²) in [5.41, 5.74) is 3.65. The van der Waals surface area contributed by atoms with Crippen LogP contribution in [0, 0.1) is 0 Å². The average Bonchev–Trinajstić information content (AvgIpc) is 3.09. The normalized spacial score (nSPS) is 17.2. The van der Waals surface area contributed by atoms with E-state index in [1.807, 2.05) is 6.20 Å². The molecule has 0 amide bonds. The van der Waals surface area contributed by atoms with Gasteiger partial charge in [-0.3, -0.25) is 5.10 Å². The van der Waals surface area contributed by atoms with Gasteiger partial charge in [0.2, 0.25) is 0 Å². The predicted molar refractivity (Wildman–Crippen MR) is 98.8 cm³/mol. The zero-order valence-electron chi connectivity index (χ0n) is 13.4. The second-order valence-corrected chi connectivity index (χ2v) is 7.26. The summed E-state index contributed by atoms with van der Waals surface area (Å²) in [5, 5.41) is 12.1. The largest absolute Gasteiger partial charge is 0.381 e. The number of H-pyrrole nitrogens is 1. The number of ether oxygens (including phenoxy) is 1. The minimum Gasteiger partial charge on any atom is -0.381 e. The highest BCUT2D eigenvalue weighted by atomic mass is 79.9. The van der Waals surface area contributed by atoms with Crippen LogP contribution in [0.3, 0.4) is 0 Å². The van der Waals surface area contributed by atoms with Crippen LogP contribution in [0.1, 0.15) is 24.0 Å². The van der Waals surface area contributed by atoms with E-state index in [9.17, 15) is 0 Å². The first-order valence-corrected chi connectivity index (χ1v) is 9.05. The Kier molecular flexibility index (Phi) is 4.39. The van der Waals surface area contributed by atoms with Crippen molar-refractivity contribution in [2.24, 2.45) is 0 Å². The molecule has 124 valence electrons. The summed E-state index contributed by atoms with van der Waals surface area (Å²) in [4.78, 5) is 0. The third-order valence-electron chi connectivity index (χ3n) is 4.88. The summed E-state index contributed by atoms with van der Waals surface area (Å²) >= 11 is 3.53. The van der Waals surface area contributed by atoms with Crippen LogP contribution < -0.4 is 5.32 Å². The molecule has 4 nitrogen and oxygen atoms in total. The van der Waals surface area contributed by atoms with E-state index in [1.165, 1.54) is 11.1 Å². The molecule has 2 heterocycles. The lowest BCUT2D eigenvalue weighted by Crippen LogP contribution is -2.46. The number of aromatic nitrogens is 2. The molecule has 1 fully saturated rings. The molecular weight excluding hydrogens is 366 g/mol. The highest BCUT2D eigenvalue weighted by Gasteiger charge is 2.33. The van der Waals surface area contributed by atoms with Crippen molar-refractivity contribution in [3.8, 4) is 0 Å². The van der Waals surface area contributed by atoms with Crippen LogP contribution >= 0.6 is 15.9 Å². The average molecular weight is 386 g/mol. The van der Waals surface area contributed by atoms with Crippen LogP contribution in [0.5, 0.6) is 0 Å². The van der Waals surface area contributed by atoms with Gasteiger partial charge in [-0.05, 0) is 42.2 Å². The number of halogens is 1. The fourth-order valence-corrected chi connectivity index (χ4v) is 3.69. The Labute approximate surface area is 149 Å². The van der Waals surface area contributed by atoms with Gasteiger partial charge in [0.05, 0.1) is 11.7 Å². The van der Waals surface area contributed by atoms with Gasteiger partial charge >= 0.3 is 0 Å². The SMILES string of the molecule is Brc1ccc(C2(NCc3ccc4cn[nH]c4c3)CCOCC2)cc1. The summed E-state index contributed by atoms with van der Waals surface area (Å²) < 4.78 is 6.72. The number of nitrogens with zero attached hydrogens (tertiary/aromatic N) is 1. The number of hydrogen-bond donors (Lipinski definition) is 2. The highest BCUT2D eigenvalue weighted by molar-refractivity contribution is 9.10. The molecule has 1 saturated heterocycles. The summed E-state index contributed by atoms with van der Waals surface area (Å²) in [6.45, 7) is 2.41. The molecular formula is C19H20BrN3O. The van der Waals surface area contributed by atoms with Gasteiger partial charge in [0, 0.05) is 35.2 Å². The van der Waals surface area contributed by atoms with Crippen molar-refractivity contribution in [3.63, 3.8) is 0 Å². The number of benzene rings is 2. The second-order valence-electron chi connectivity index (χ2n) is 6.35. The van der Waals surface area contributed by atoms with E-state index >= 15 is 0 Å². The molecule has 0 radical (unpaired) electrons. The molecule has 1 aromatic heterocycles. The molecule has 1 aliphatic rings. The van der Waals surface area contributed by atoms with Gasteiger partial charge in [0.1, 0.15) is 0 Å². The van der Waals surface area contributed by atoms with Crippen molar-refractivity contribution < 1.29 is 4.74 Å². The standard InChI is InChI=1S/C19H20BrN3O/c20-17-5-3-16(4-6-17)19(7-9-24-10-8-19)21-12-14-1-2-15-13-22-23-18(15)11-14/h1-6,11,13,21H,7-10,12H2,(H,22,23). The topological polar surface area (TPSA) is 49.9 Å². The molecule has 2 aromatic carbocycles. The van der Waals surface area contributed by atoms with Crippen LogP contribution in [0.25, 0.3) is 10.9 Å². The van der Waals surface area contributed by atoms with Gasteiger partial charge in [-0.1, -0.05) is 40.2 Å². The van der Waals surface area contributed by atoms with E-state index in [2.05, 4.69) is 73.9 Å². The number of hydrogen-bond acceptors (Lipinski definition) is 3. The lowest BCUT2D eigenvalue weighted by atomic mass is 9.82. The van der Waals surface area contributed by atoms with Crippen molar-refractivity contribution in [1.82, 2.24) is 15.5 Å². The Hall–Kier alpha value is -1.69. The Balaban J connectivity index is 1.58. The third kappa shape index (κ3) is 3.11. The summed E-state index contributed by atoms with van der Waals surface area (Å²) in [6.07, 6.45) is 3.83. The first-order chi connectivity index (χ1) is 11.8. The molecule has 24 heavy (non-hydrogen) atoms. The molecule has 0 atom stereocenters. The number of rotatable bonds is 4. The van der Waals surface area contributed by atoms with E-state index in [0.717, 1.165) is 48.0 Å². The van der Waals surface area contributed by atoms with Gasteiger partial charge < -0.3 is 10.1 Å². The van der Waals surface area contributed by atoms with Crippen LogP contribution in [-0.4, -0.2) is 23.4 Å². The Bertz CT molecular complexity index is 822. The van der Waals surface area contributed by atoms with E-state index < -0.39 is 0 Å². The molecule has 4 rings (SSSR count). The quantitative estimate of drug-likeness (QED) is 0.709. The lowest BCUT2D eigenvalue weighted by Gasteiger charge is -2.39. The van der Waals surface area contributed by atoms with Crippen molar-refractivity contribution >= 4 is 26.8 Å². The molecule has 2 N–H and O–H groups in total. The maximum absolute atomic E-state index is 5.61. The Morgan fingerprint density at radius 1 is 1.12 bits per heavy atom. The summed E-state index contributed by atoms with van der Waals surface area (Å²) in [5.74, 6) is 0. The van der Waals surface area contributed by atoms with Gasteiger partial charge in [-0.2, -0.15) is 5.10 Å². The van der Waals surface area contributed by atoms with Crippen molar-refractivity contribution in [1.29, 1.82) is 0 Å². The Morgan fingerprint density at radius 3 is 2.71 bits per heavy atom. The lowest BCUT2D eigenvalue weighted by molar-refractivity contribution is 0.0358. The first-order valence-electron chi connectivity index (χ1n) is 8.26. The fraction of sp³-hybridized carbons (Fsp3) is 0.316. The zero-order valence-corrected chi connectivity index (χ0v) is 15.0. The minimum atomic E-state index is -0.0259. The molecule has 0 bridgehead atoms. The van der Waals surface area contributed by atoms with E-state index in [-0.39, 0.29) is 5.54 Å². The van der Waals surface area contributed by atoms with Crippen LogP contribution in [0.15, 0.2) is 53.1 Å². The van der Waals surface area contributed by atoms with Crippen LogP contribution in [0.4, 0.5) is 0 Å². The van der Waals surface area contributed by atoms with Crippen molar-refractivity contribution in [2.75, 3.05) is 13.2 Å². The number of fused-ring (bicyclic) bond motifs is 1. The molecule has 5 heteroatoms. The van der Waals surface area contributed by atoms with E-state index in [1.54, 1.807) is 0 Å². The fourth-order valence-electron chi connectivity index (χ4n) is 3.42. The summed E-state index contributed by atoms with van der Waals surface area (Å²) in [7, 11) is 0. The van der Waals surface area contributed by atoms with Crippen molar-refractivity contribution in [3.05, 3.63) is 64.3 Å². The van der Waals surface area contributed by atoms with E-state index in [0.29, 0.717) is 0 Å². The summed E-state index contributed by atoms with van der Waals surface area (Å²) in [6, 6.07) is 15.1. The number of aromatic amines is 1. The van der Waals surface area contributed by atoms with E-state index in [4.69, 9.17) is 4.74 Å². The van der Waals surface area contributed by atoms with Crippen molar-refractivity contribution in [2.45, 2.75) is 24.9 Å². The molecule has 0 aliphatic carbocycles.